The van der Waals surface area contributed by atoms with E-state index >= 15 is 0 Å². The van der Waals surface area contributed by atoms with Crippen molar-refractivity contribution in [2.24, 2.45) is 11.7 Å². The summed E-state index contributed by atoms with van der Waals surface area (Å²) in [7, 11) is -8.04. The molecule has 3 aromatic rings. The maximum absolute atomic E-state index is 10.5. The topological polar surface area (TPSA) is 169 Å². The number of aryl methyl sites for hydroxylation is 2. The Morgan fingerprint density at radius 3 is 1.87 bits per heavy atom. The lowest BCUT2D eigenvalue weighted by Gasteiger charge is -2.11. The Kier molecular flexibility index (Phi) is 12.1. The lowest BCUT2D eigenvalue weighted by atomic mass is 10.1. The van der Waals surface area contributed by atoms with Gasteiger partial charge in [-0.3, -0.25) is 9.11 Å². The van der Waals surface area contributed by atoms with Gasteiger partial charge in [0.05, 0.1) is 22.6 Å². The van der Waals surface area contributed by atoms with Crippen LogP contribution < -0.4 is 15.8 Å². The van der Waals surface area contributed by atoms with E-state index in [-0.39, 0.29) is 9.79 Å². The molecule has 0 spiro atoms. The highest BCUT2D eigenvalue weighted by Crippen LogP contribution is 2.20. The van der Waals surface area contributed by atoms with E-state index in [1.807, 2.05) is 19.9 Å². The zero-order valence-corrected chi connectivity index (χ0v) is 23.4. The number of hydrogen-bond donors (Lipinski definition) is 4. The monoisotopic (exact) mass is 585 g/mol. The molecule has 1 atom stereocenters. The minimum Gasteiger partial charge on any atom is -0.492 e. The minimum atomic E-state index is -4.02. The average molecular weight is 586 g/mol. The molecular weight excluding hydrogens is 554 g/mol. The molecule has 1 aliphatic rings. The molecule has 1 fully saturated rings. The third-order valence-electron chi connectivity index (χ3n) is 5.39. The zero-order valence-electron chi connectivity index (χ0n) is 21.0. The number of aromatic nitrogens is 1. The number of halogens is 1. The van der Waals surface area contributed by atoms with Gasteiger partial charge in [0.15, 0.2) is 0 Å². The fourth-order valence-electron chi connectivity index (χ4n) is 3.19. The normalized spacial score (nSPS) is 15.1. The van der Waals surface area contributed by atoms with Crippen LogP contribution in [-0.2, 0) is 26.8 Å². The number of ether oxygens (including phenoxy) is 1. The molecule has 2 heterocycles. The summed E-state index contributed by atoms with van der Waals surface area (Å²) in [5.41, 5.74) is 8.28. The first-order chi connectivity index (χ1) is 17.8. The summed E-state index contributed by atoms with van der Waals surface area (Å²) in [4.78, 5) is 3.91. The van der Waals surface area contributed by atoms with Crippen molar-refractivity contribution in [2.75, 3.05) is 19.7 Å². The first-order valence-corrected chi connectivity index (χ1v) is 14.8. The van der Waals surface area contributed by atoms with Gasteiger partial charge in [-0.15, -0.1) is 0 Å². The minimum absolute atomic E-state index is 0.0666. The highest BCUT2D eigenvalue weighted by molar-refractivity contribution is 7.86. The van der Waals surface area contributed by atoms with Gasteiger partial charge in [-0.1, -0.05) is 47.0 Å². The third-order valence-corrected chi connectivity index (χ3v) is 7.47. The molecule has 13 heteroatoms. The fraction of sp³-hybridized carbons (Fsp3) is 0.320. The Balaban J connectivity index is 0.000000206. The van der Waals surface area contributed by atoms with Crippen LogP contribution in [0.15, 0.2) is 70.6 Å². The summed E-state index contributed by atoms with van der Waals surface area (Å²) >= 11 is 5.87. The second-order valence-corrected chi connectivity index (χ2v) is 11.8. The van der Waals surface area contributed by atoms with Gasteiger partial charge in [0.2, 0.25) is 0 Å². The molecule has 1 aromatic heterocycles. The van der Waals surface area contributed by atoms with E-state index in [0.29, 0.717) is 17.6 Å². The molecule has 1 aliphatic heterocycles. The van der Waals surface area contributed by atoms with Crippen molar-refractivity contribution in [1.82, 2.24) is 10.3 Å². The Morgan fingerprint density at radius 2 is 1.47 bits per heavy atom. The quantitative estimate of drug-likeness (QED) is 0.247. The molecule has 38 heavy (non-hydrogen) atoms. The van der Waals surface area contributed by atoms with Crippen molar-refractivity contribution in [3.05, 3.63) is 82.6 Å². The van der Waals surface area contributed by atoms with Crippen LogP contribution in [0.4, 0.5) is 0 Å². The highest BCUT2D eigenvalue weighted by Gasteiger charge is 2.15. The summed E-state index contributed by atoms with van der Waals surface area (Å²) in [6, 6.07) is 13.8. The van der Waals surface area contributed by atoms with E-state index in [4.69, 9.17) is 31.2 Å². The van der Waals surface area contributed by atoms with Gasteiger partial charge in [0, 0.05) is 24.6 Å². The Labute approximate surface area is 228 Å². The maximum atomic E-state index is 10.5. The number of benzene rings is 2. The van der Waals surface area contributed by atoms with E-state index in [2.05, 4.69) is 10.3 Å². The second kappa shape index (κ2) is 14.5. The highest BCUT2D eigenvalue weighted by atomic mass is 35.5. The van der Waals surface area contributed by atoms with Crippen LogP contribution >= 0.6 is 11.6 Å². The van der Waals surface area contributed by atoms with Crippen molar-refractivity contribution in [1.29, 1.82) is 0 Å². The molecule has 208 valence electrons. The predicted molar refractivity (Wildman–Crippen MR) is 146 cm³/mol. The molecular formula is C25H32ClN3O7S2. The molecule has 0 aliphatic carbocycles. The van der Waals surface area contributed by atoms with Crippen LogP contribution in [0.2, 0.25) is 5.15 Å². The van der Waals surface area contributed by atoms with E-state index in [1.165, 1.54) is 30.7 Å². The average Bonchev–Trinajstić information content (AvgIpc) is 3.38. The van der Waals surface area contributed by atoms with Gasteiger partial charge < -0.3 is 15.8 Å². The van der Waals surface area contributed by atoms with E-state index in [1.54, 1.807) is 30.5 Å². The molecule has 0 unspecified atom stereocenters. The number of nitrogens with zero attached hydrogens (tertiary/aromatic N) is 1. The first-order valence-electron chi connectivity index (χ1n) is 11.6. The molecule has 0 bridgehead atoms. The molecule has 1 saturated heterocycles. The molecule has 0 amide bonds. The Morgan fingerprint density at radius 1 is 0.974 bits per heavy atom. The zero-order chi connectivity index (χ0) is 28.3. The van der Waals surface area contributed by atoms with E-state index in [9.17, 15) is 16.8 Å². The third kappa shape index (κ3) is 11.0. The van der Waals surface area contributed by atoms with Gasteiger partial charge in [-0.25, -0.2) is 4.98 Å². The lowest BCUT2D eigenvalue weighted by molar-refractivity contribution is 0.259. The van der Waals surface area contributed by atoms with Crippen LogP contribution in [0.5, 0.6) is 5.75 Å². The molecule has 10 nitrogen and oxygen atoms in total. The Bertz CT molecular complexity index is 1300. The summed E-state index contributed by atoms with van der Waals surface area (Å²) in [5, 5.41) is 3.76. The van der Waals surface area contributed by atoms with Crippen LogP contribution in [0.1, 0.15) is 23.1 Å². The molecule has 5 N–H and O–H groups in total. The second-order valence-electron chi connectivity index (χ2n) is 8.57. The van der Waals surface area contributed by atoms with Crippen LogP contribution in [0, 0.1) is 19.8 Å². The number of nitrogens with one attached hydrogen (secondary N) is 1. The number of nitrogens with two attached hydrogens (primary N) is 1. The van der Waals surface area contributed by atoms with Gasteiger partial charge in [-0.2, -0.15) is 16.8 Å². The molecule has 2 aromatic carbocycles. The van der Waals surface area contributed by atoms with Crippen molar-refractivity contribution >= 4 is 31.8 Å². The molecule has 4 rings (SSSR count). The van der Waals surface area contributed by atoms with Gasteiger partial charge in [-0.05, 0) is 57.1 Å². The van der Waals surface area contributed by atoms with Crippen LogP contribution in [0.25, 0.3) is 0 Å². The summed E-state index contributed by atoms with van der Waals surface area (Å²) < 4.78 is 64.8. The standard InChI is InChI=1S/C11H16ClN3O.2C7H8O3S/c12-11-9(4-13)3-10(6-15-11)16-7-8-1-2-14-5-8;2*1-6-2-4-7(5-3-6)11(8,9)10/h3,6,8,14H,1-2,4-5,7,13H2;2*2-5H,1H3,(H,8,9,10)/t8-;;/m1../s1. The SMILES string of the molecule is Cc1ccc(S(=O)(=O)O)cc1.Cc1ccc(S(=O)(=O)O)cc1.NCc1cc(OC[C@@H]2CCNC2)cnc1Cl. The first kappa shape index (κ1) is 31.6. The molecule has 0 radical (unpaired) electrons. The van der Waals surface area contributed by atoms with Crippen molar-refractivity contribution in [2.45, 2.75) is 36.6 Å². The van der Waals surface area contributed by atoms with Crippen molar-refractivity contribution in [3.8, 4) is 5.75 Å². The van der Waals surface area contributed by atoms with Gasteiger partial charge >= 0.3 is 0 Å². The van der Waals surface area contributed by atoms with Crippen LogP contribution in [0.3, 0.4) is 0 Å². The number of pyridine rings is 1. The summed E-state index contributed by atoms with van der Waals surface area (Å²) in [6.07, 6.45) is 2.81. The maximum Gasteiger partial charge on any atom is 0.294 e. The predicted octanol–water partition coefficient (Wildman–Crippen LogP) is 3.67. The van der Waals surface area contributed by atoms with Gasteiger partial charge in [0.25, 0.3) is 20.2 Å². The van der Waals surface area contributed by atoms with Crippen molar-refractivity contribution < 1.29 is 30.7 Å². The van der Waals surface area contributed by atoms with Gasteiger partial charge in [0.1, 0.15) is 10.9 Å². The number of hydrogen-bond acceptors (Lipinski definition) is 8. The smallest absolute Gasteiger partial charge is 0.294 e. The summed E-state index contributed by atoms with van der Waals surface area (Å²) in [6.45, 7) is 6.90. The van der Waals surface area contributed by atoms with E-state index < -0.39 is 20.2 Å². The molecule has 0 saturated carbocycles. The fourth-order valence-corrected chi connectivity index (χ4v) is 4.33. The van der Waals surface area contributed by atoms with E-state index in [0.717, 1.165) is 42.1 Å². The number of rotatable bonds is 6. The Hall–Kier alpha value is -2.58. The van der Waals surface area contributed by atoms with Crippen molar-refractivity contribution in [3.63, 3.8) is 0 Å². The largest absolute Gasteiger partial charge is 0.492 e. The van der Waals surface area contributed by atoms with Crippen LogP contribution in [-0.4, -0.2) is 50.6 Å². The summed E-state index contributed by atoms with van der Waals surface area (Å²) in [5.74, 6) is 1.34. The lowest BCUT2D eigenvalue weighted by Crippen LogP contribution is -2.15.